The minimum Gasteiger partial charge on any atom is -0.143 e. The van der Waals surface area contributed by atoms with Crippen LogP contribution in [0.15, 0.2) is 29.2 Å². The Morgan fingerprint density at radius 1 is 0.760 bits per heavy atom. The molecule has 0 fully saturated rings. The molecule has 25 heavy (non-hydrogen) atoms. The maximum Gasteiger partial charge on any atom is 0.00401 e. The summed E-state index contributed by atoms with van der Waals surface area (Å²) in [6.07, 6.45) is 15.4. The van der Waals surface area contributed by atoms with Gasteiger partial charge in [-0.15, -0.1) is 12.6 Å². The molecule has 0 bridgehead atoms. The van der Waals surface area contributed by atoms with Crippen LogP contribution in [0.3, 0.4) is 0 Å². The van der Waals surface area contributed by atoms with Crippen LogP contribution in [0.1, 0.15) is 110 Å². The zero-order chi connectivity index (χ0) is 18.5. The molecule has 144 valence electrons. The normalized spacial score (nSPS) is 15.1. The fourth-order valence-electron chi connectivity index (χ4n) is 3.86. The third-order valence-corrected chi connectivity index (χ3v) is 6.20. The van der Waals surface area contributed by atoms with Gasteiger partial charge in [0.05, 0.1) is 0 Å². The van der Waals surface area contributed by atoms with Crippen LogP contribution >= 0.6 is 12.6 Å². The molecule has 1 aromatic carbocycles. The van der Waals surface area contributed by atoms with Gasteiger partial charge in [0.1, 0.15) is 0 Å². The van der Waals surface area contributed by atoms with Crippen molar-refractivity contribution in [2.45, 2.75) is 109 Å². The Kier molecular flexibility index (Phi) is 12.4. The minimum absolute atomic E-state index is 0.671. The standard InChI is InChI=1S/C24H42S/c1-5-7-14-22(6-2)15-9-8-11-20(3)12-10-13-21(4)23-16-18-24(25)19-17-23/h16-22,25H,5-15H2,1-4H3. The Hall–Kier alpha value is -0.430. The molecule has 0 aliphatic carbocycles. The number of thiol groups is 1. The third-order valence-electron chi connectivity index (χ3n) is 5.90. The molecule has 0 radical (unpaired) electrons. The van der Waals surface area contributed by atoms with E-state index in [1.54, 1.807) is 0 Å². The summed E-state index contributed by atoms with van der Waals surface area (Å²) in [6, 6.07) is 8.70. The van der Waals surface area contributed by atoms with Crippen molar-refractivity contribution in [1.29, 1.82) is 0 Å². The monoisotopic (exact) mass is 362 g/mol. The van der Waals surface area contributed by atoms with Gasteiger partial charge in [-0.05, 0) is 41.9 Å². The number of hydrogen-bond acceptors (Lipinski definition) is 1. The van der Waals surface area contributed by atoms with Crippen LogP contribution in [0.4, 0.5) is 0 Å². The Morgan fingerprint density at radius 3 is 2.00 bits per heavy atom. The average molecular weight is 363 g/mol. The lowest BCUT2D eigenvalue weighted by Crippen LogP contribution is -2.01. The quantitative estimate of drug-likeness (QED) is 0.248. The predicted molar refractivity (Wildman–Crippen MR) is 117 cm³/mol. The van der Waals surface area contributed by atoms with Crippen LogP contribution in [0, 0.1) is 11.8 Å². The van der Waals surface area contributed by atoms with E-state index in [4.69, 9.17) is 0 Å². The van der Waals surface area contributed by atoms with Crippen molar-refractivity contribution >= 4 is 12.6 Å². The molecule has 0 saturated carbocycles. The molecule has 0 aliphatic heterocycles. The highest BCUT2D eigenvalue weighted by Crippen LogP contribution is 2.26. The first-order valence-corrected chi connectivity index (χ1v) is 11.3. The number of rotatable bonds is 14. The van der Waals surface area contributed by atoms with E-state index in [2.05, 4.69) is 64.6 Å². The summed E-state index contributed by atoms with van der Waals surface area (Å²) in [7, 11) is 0. The van der Waals surface area contributed by atoms with E-state index in [0.29, 0.717) is 5.92 Å². The molecule has 0 spiro atoms. The van der Waals surface area contributed by atoms with Gasteiger partial charge in [-0.2, -0.15) is 0 Å². The van der Waals surface area contributed by atoms with Crippen LogP contribution in [0.25, 0.3) is 0 Å². The molecule has 0 heterocycles. The molecule has 3 atom stereocenters. The van der Waals surface area contributed by atoms with Gasteiger partial charge in [0.2, 0.25) is 0 Å². The summed E-state index contributed by atoms with van der Waals surface area (Å²) in [4.78, 5) is 1.06. The summed E-state index contributed by atoms with van der Waals surface area (Å²) >= 11 is 4.37. The summed E-state index contributed by atoms with van der Waals surface area (Å²) in [5, 5.41) is 0. The Morgan fingerprint density at radius 2 is 1.36 bits per heavy atom. The van der Waals surface area contributed by atoms with Crippen molar-refractivity contribution in [2.24, 2.45) is 11.8 Å². The molecular weight excluding hydrogens is 320 g/mol. The highest BCUT2D eigenvalue weighted by molar-refractivity contribution is 7.80. The Bertz CT molecular complexity index is 422. The zero-order valence-electron chi connectivity index (χ0n) is 17.3. The van der Waals surface area contributed by atoms with Gasteiger partial charge < -0.3 is 0 Å². The van der Waals surface area contributed by atoms with E-state index in [9.17, 15) is 0 Å². The van der Waals surface area contributed by atoms with Crippen molar-refractivity contribution in [3.63, 3.8) is 0 Å². The van der Waals surface area contributed by atoms with Crippen molar-refractivity contribution in [3.05, 3.63) is 29.8 Å². The Balaban J connectivity index is 2.10. The van der Waals surface area contributed by atoms with Crippen molar-refractivity contribution in [2.75, 3.05) is 0 Å². The van der Waals surface area contributed by atoms with Crippen molar-refractivity contribution in [1.82, 2.24) is 0 Å². The smallest absolute Gasteiger partial charge is 0.00401 e. The van der Waals surface area contributed by atoms with Gasteiger partial charge in [0.25, 0.3) is 0 Å². The molecule has 0 aromatic heterocycles. The number of benzene rings is 1. The molecule has 0 nitrogen and oxygen atoms in total. The second-order valence-corrected chi connectivity index (χ2v) is 8.75. The summed E-state index contributed by atoms with van der Waals surface area (Å²) in [5.41, 5.74) is 1.46. The van der Waals surface area contributed by atoms with E-state index < -0.39 is 0 Å². The largest absolute Gasteiger partial charge is 0.143 e. The number of hydrogen-bond donors (Lipinski definition) is 1. The van der Waals surface area contributed by atoms with Crippen LogP contribution in [-0.4, -0.2) is 0 Å². The van der Waals surface area contributed by atoms with Crippen LogP contribution < -0.4 is 0 Å². The zero-order valence-corrected chi connectivity index (χ0v) is 18.2. The maximum atomic E-state index is 4.37. The maximum absolute atomic E-state index is 4.37. The van der Waals surface area contributed by atoms with Gasteiger partial charge in [0.15, 0.2) is 0 Å². The topological polar surface area (TPSA) is 0 Å². The van der Waals surface area contributed by atoms with Gasteiger partial charge in [-0.25, -0.2) is 0 Å². The predicted octanol–water partition coefficient (Wildman–Crippen LogP) is 8.66. The minimum atomic E-state index is 0.671. The highest BCUT2D eigenvalue weighted by atomic mass is 32.1. The molecule has 1 rings (SSSR count). The van der Waals surface area contributed by atoms with Crippen molar-refractivity contribution in [3.8, 4) is 0 Å². The van der Waals surface area contributed by atoms with Gasteiger partial charge in [-0.3, -0.25) is 0 Å². The first-order chi connectivity index (χ1) is 12.1. The molecule has 0 aliphatic rings. The van der Waals surface area contributed by atoms with Gasteiger partial charge in [-0.1, -0.05) is 104 Å². The SMILES string of the molecule is CCCCC(CC)CCCCC(C)CCCC(C)c1ccc(S)cc1. The van der Waals surface area contributed by atoms with Crippen LogP contribution in [0.5, 0.6) is 0 Å². The summed E-state index contributed by atoms with van der Waals surface area (Å²) in [5.74, 6) is 2.55. The lowest BCUT2D eigenvalue weighted by molar-refractivity contribution is 0.380. The molecule has 0 saturated heterocycles. The van der Waals surface area contributed by atoms with Crippen LogP contribution in [-0.2, 0) is 0 Å². The Labute approximate surface area is 163 Å². The first kappa shape index (κ1) is 22.6. The van der Waals surface area contributed by atoms with Gasteiger partial charge >= 0.3 is 0 Å². The second kappa shape index (κ2) is 13.7. The molecule has 1 heteroatoms. The summed E-state index contributed by atoms with van der Waals surface area (Å²) in [6.45, 7) is 9.49. The van der Waals surface area contributed by atoms with E-state index >= 15 is 0 Å². The van der Waals surface area contributed by atoms with E-state index in [1.165, 1.54) is 76.2 Å². The molecular formula is C24H42S. The molecule has 3 unspecified atom stereocenters. The fourth-order valence-corrected chi connectivity index (χ4v) is 4.01. The molecule has 0 amide bonds. The molecule has 1 aromatic rings. The lowest BCUT2D eigenvalue weighted by atomic mass is 9.90. The fraction of sp³-hybridized carbons (Fsp3) is 0.750. The summed E-state index contributed by atoms with van der Waals surface area (Å²) < 4.78 is 0. The van der Waals surface area contributed by atoms with Crippen LogP contribution in [0.2, 0.25) is 0 Å². The van der Waals surface area contributed by atoms with Crippen molar-refractivity contribution < 1.29 is 0 Å². The van der Waals surface area contributed by atoms with E-state index in [0.717, 1.165) is 16.7 Å². The van der Waals surface area contributed by atoms with E-state index in [-0.39, 0.29) is 0 Å². The average Bonchev–Trinajstić information content (AvgIpc) is 2.61. The number of unbranched alkanes of at least 4 members (excludes halogenated alkanes) is 2. The van der Waals surface area contributed by atoms with E-state index in [1.807, 2.05) is 0 Å². The highest BCUT2D eigenvalue weighted by Gasteiger charge is 2.09. The second-order valence-electron chi connectivity index (χ2n) is 8.23. The lowest BCUT2D eigenvalue weighted by Gasteiger charge is -2.16. The first-order valence-electron chi connectivity index (χ1n) is 10.9. The molecule has 0 N–H and O–H groups in total. The van der Waals surface area contributed by atoms with Gasteiger partial charge in [0, 0.05) is 4.90 Å². The third kappa shape index (κ3) is 10.3.